The number of hydrogen-bond donors (Lipinski definition) is 0. The predicted molar refractivity (Wildman–Crippen MR) is 73.6 cm³/mol. The van der Waals surface area contributed by atoms with Gasteiger partial charge >= 0.3 is 5.97 Å². The number of ether oxygens (including phenoxy) is 1. The first-order valence-corrected chi connectivity index (χ1v) is 7.27. The van der Waals surface area contributed by atoms with E-state index in [1.165, 1.54) is 20.1 Å². The molecular weight excluding hydrogens is 228 g/mol. The molecule has 0 aromatic carbocycles. The molecule has 0 aliphatic carbocycles. The van der Waals surface area contributed by atoms with E-state index in [1.807, 2.05) is 0 Å². The predicted octanol–water partition coefficient (Wildman–Crippen LogP) is 1.75. The SMILES string of the molecule is CCCCC(C(=O)OC)N1CCN(CCC)CC1. The molecule has 1 saturated heterocycles. The van der Waals surface area contributed by atoms with E-state index in [9.17, 15) is 4.79 Å². The molecule has 0 spiro atoms. The number of carbonyl (C=O) groups excluding carboxylic acids is 1. The number of hydrogen-bond acceptors (Lipinski definition) is 4. The molecular formula is C14H28N2O2. The highest BCUT2D eigenvalue weighted by Crippen LogP contribution is 2.14. The number of nitrogens with zero attached hydrogens (tertiary/aromatic N) is 2. The second-order valence-corrected chi connectivity index (χ2v) is 5.06. The average Bonchev–Trinajstić information content (AvgIpc) is 2.41. The highest BCUT2D eigenvalue weighted by Gasteiger charge is 2.28. The molecule has 0 bridgehead atoms. The first-order valence-electron chi connectivity index (χ1n) is 7.27. The van der Waals surface area contributed by atoms with Crippen molar-refractivity contribution in [2.45, 2.75) is 45.6 Å². The zero-order valence-corrected chi connectivity index (χ0v) is 12.2. The highest BCUT2D eigenvalue weighted by atomic mass is 16.5. The van der Waals surface area contributed by atoms with Gasteiger partial charge in [0.25, 0.3) is 0 Å². The van der Waals surface area contributed by atoms with Crippen molar-refractivity contribution in [2.24, 2.45) is 0 Å². The molecule has 0 saturated carbocycles. The van der Waals surface area contributed by atoms with Crippen LogP contribution in [-0.2, 0) is 9.53 Å². The van der Waals surface area contributed by atoms with Crippen molar-refractivity contribution < 1.29 is 9.53 Å². The fourth-order valence-electron chi connectivity index (χ4n) is 2.60. The minimum absolute atomic E-state index is 0.0290. The quantitative estimate of drug-likeness (QED) is 0.650. The van der Waals surface area contributed by atoms with E-state index < -0.39 is 0 Å². The third kappa shape index (κ3) is 4.58. The van der Waals surface area contributed by atoms with Gasteiger partial charge in [0.1, 0.15) is 6.04 Å². The molecule has 106 valence electrons. The van der Waals surface area contributed by atoms with Gasteiger partial charge in [-0.15, -0.1) is 0 Å². The van der Waals surface area contributed by atoms with E-state index in [4.69, 9.17) is 4.74 Å². The molecule has 0 amide bonds. The van der Waals surface area contributed by atoms with Crippen LogP contribution in [0.5, 0.6) is 0 Å². The van der Waals surface area contributed by atoms with Crippen LogP contribution in [0.15, 0.2) is 0 Å². The van der Waals surface area contributed by atoms with Crippen LogP contribution >= 0.6 is 0 Å². The van der Waals surface area contributed by atoms with E-state index in [0.717, 1.165) is 45.4 Å². The molecule has 0 aromatic heterocycles. The van der Waals surface area contributed by atoms with Crippen LogP contribution in [0.25, 0.3) is 0 Å². The van der Waals surface area contributed by atoms with E-state index in [0.29, 0.717) is 0 Å². The smallest absolute Gasteiger partial charge is 0.323 e. The normalized spacial score (nSPS) is 19.7. The maximum atomic E-state index is 11.8. The lowest BCUT2D eigenvalue weighted by Crippen LogP contribution is -2.52. The first kappa shape index (κ1) is 15.4. The average molecular weight is 256 g/mol. The number of unbranched alkanes of at least 4 members (excludes halogenated alkanes) is 1. The molecule has 4 heteroatoms. The summed E-state index contributed by atoms with van der Waals surface area (Å²) in [4.78, 5) is 16.6. The summed E-state index contributed by atoms with van der Waals surface area (Å²) in [5.41, 5.74) is 0. The van der Waals surface area contributed by atoms with Gasteiger partial charge in [-0.2, -0.15) is 0 Å². The van der Waals surface area contributed by atoms with Gasteiger partial charge in [-0.1, -0.05) is 26.7 Å². The van der Waals surface area contributed by atoms with Crippen molar-refractivity contribution >= 4 is 5.97 Å². The second-order valence-electron chi connectivity index (χ2n) is 5.06. The van der Waals surface area contributed by atoms with Crippen LogP contribution in [0.3, 0.4) is 0 Å². The lowest BCUT2D eigenvalue weighted by molar-refractivity contribution is -0.148. The van der Waals surface area contributed by atoms with Crippen molar-refractivity contribution in [2.75, 3.05) is 39.8 Å². The maximum absolute atomic E-state index is 11.8. The Labute approximate surface area is 111 Å². The summed E-state index contributed by atoms with van der Waals surface area (Å²) in [6.45, 7) is 9.68. The van der Waals surface area contributed by atoms with Crippen LogP contribution in [0, 0.1) is 0 Å². The molecule has 1 unspecified atom stereocenters. The molecule has 0 N–H and O–H groups in total. The van der Waals surface area contributed by atoms with E-state index in [2.05, 4.69) is 23.6 Å². The van der Waals surface area contributed by atoms with Crippen molar-refractivity contribution in [3.63, 3.8) is 0 Å². The third-order valence-electron chi connectivity index (χ3n) is 3.69. The summed E-state index contributed by atoms with van der Waals surface area (Å²) in [6, 6.07) is -0.0290. The van der Waals surface area contributed by atoms with Crippen molar-refractivity contribution in [3.8, 4) is 0 Å². The van der Waals surface area contributed by atoms with Crippen LogP contribution in [0.2, 0.25) is 0 Å². The molecule has 1 aliphatic rings. The first-order chi connectivity index (χ1) is 8.72. The maximum Gasteiger partial charge on any atom is 0.323 e. The van der Waals surface area contributed by atoms with Crippen LogP contribution in [0.1, 0.15) is 39.5 Å². The molecule has 18 heavy (non-hydrogen) atoms. The van der Waals surface area contributed by atoms with Crippen molar-refractivity contribution in [1.82, 2.24) is 9.80 Å². The number of esters is 1. The van der Waals surface area contributed by atoms with Gasteiger partial charge < -0.3 is 9.64 Å². The molecule has 1 fully saturated rings. The Bertz CT molecular complexity index is 238. The molecule has 1 heterocycles. The molecule has 0 aromatic rings. The monoisotopic (exact) mass is 256 g/mol. The molecule has 4 nitrogen and oxygen atoms in total. The van der Waals surface area contributed by atoms with E-state index >= 15 is 0 Å². The number of methoxy groups -OCH3 is 1. The topological polar surface area (TPSA) is 32.8 Å². The fourth-order valence-corrected chi connectivity index (χ4v) is 2.60. The fraction of sp³-hybridized carbons (Fsp3) is 0.929. The summed E-state index contributed by atoms with van der Waals surface area (Å²) >= 11 is 0. The van der Waals surface area contributed by atoms with Gasteiger partial charge in [0.2, 0.25) is 0 Å². The Hall–Kier alpha value is -0.610. The summed E-state index contributed by atoms with van der Waals surface area (Å²) < 4.78 is 4.94. The van der Waals surface area contributed by atoms with Crippen molar-refractivity contribution in [3.05, 3.63) is 0 Å². The Morgan fingerprint density at radius 2 is 1.83 bits per heavy atom. The van der Waals surface area contributed by atoms with Crippen molar-refractivity contribution in [1.29, 1.82) is 0 Å². The molecule has 1 rings (SSSR count). The zero-order valence-electron chi connectivity index (χ0n) is 12.2. The Morgan fingerprint density at radius 3 is 2.33 bits per heavy atom. The largest absolute Gasteiger partial charge is 0.468 e. The number of piperazine rings is 1. The summed E-state index contributed by atoms with van der Waals surface area (Å²) in [7, 11) is 1.49. The summed E-state index contributed by atoms with van der Waals surface area (Å²) in [5.74, 6) is -0.0626. The van der Waals surface area contributed by atoms with Crippen LogP contribution in [0.4, 0.5) is 0 Å². The van der Waals surface area contributed by atoms with E-state index in [-0.39, 0.29) is 12.0 Å². The molecule has 1 atom stereocenters. The summed E-state index contributed by atoms with van der Waals surface area (Å²) in [6.07, 6.45) is 4.35. The number of carbonyl (C=O) groups is 1. The lowest BCUT2D eigenvalue weighted by Gasteiger charge is -2.38. The molecule has 0 radical (unpaired) electrons. The third-order valence-corrected chi connectivity index (χ3v) is 3.69. The Balaban J connectivity index is 2.46. The van der Waals surface area contributed by atoms with Gasteiger partial charge in [0.15, 0.2) is 0 Å². The lowest BCUT2D eigenvalue weighted by atomic mass is 10.1. The highest BCUT2D eigenvalue weighted by molar-refractivity contribution is 5.75. The van der Waals surface area contributed by atoms with E-state index in [1.54, 1.807) is 0 Å². The van der Waals surface area contributed by atoms with Gasteiger partial charge in [-0.3, -0.25) is 9.69 Å². The zero-order chi connectivity index (χ0) is 13.4. The minimum atomic E-state index is -0.0626. The Kier molecular flexibility index (Phi) is 7.28. The minimum Gasteiger partial charge on any atom is -0.468 e. The van der Waals surface area contributed by atoms with Gasteiger partial charge in [-0.25, -0.2) is 0 Å². The van der Waals surface area contributed by atoms with Gasteiger partial charge in [0.05, 0.1) is 7.11 Å². The standard InChI is InChI=1S/C14H28N2O2/c1-4-6-7-13(14(17)18-3)16-11-9-15(8-5-2)10-12-16/h13H,4-12H2,1-3H3. The Morgan fingerprint density at radius 1 is 1.17 bits per heavy atom. The summed E-state index contributed by atoms with van der Waals surface area (Å²) in [5, 5.41) is 0. The van der Waals surface area contributed by atoms with Crippen LogP contribution in [-0.4, -0.2) is 61.6 Å². The van der Waals surface area contributed by atoms with Crippen LogP contribution < -0.4 is 0 Å². The van der Waals surface area contributed by atoms with Gasteiger partial charge in [0, 0.05) is 26.2 Å². The molecule has 1 aliphatic heterocycles. The number of rotatable bonds is 7. The van der Waals surface area contributed by atoms with Gasteiger partial charge in [-0.05, 0) is 19.4 Å². The second kappa shape index (κ2) is 8.48.